The summed E-state index contributed by atoms with van der Waals surface area (Å²) in [5.74, 6) is 0. The number of thiazole rings is 1. The molecule has 1 aromatic carbocycles. The van der Waals surface area contributed by atoms with Gasteiger partial charge in [-0.25, -0.2) is 4.98 Å². The zero-order chi connectivity index (χ0) is 14.2. The van der Waals surface area contributed by atoms with Crippen LogP contribution in [0.5, 0.6) is 0 Å². The van der Waals surface area contributed by atoms with E-state index in [1.807, 2.05) is 0 Å². The molecular formula is C17H21N3S. The summed E-state index contributed by atoms with van der Waals surface area (Å²) < 4.78 is 0. The molecule has 0 saturated heterocycles. The lowest BCUT2D eigenvalue weighted by Crippen LogP contribution is -2.24. The molecule has 3 nitrogen and oxygen atoms in total. The molecule has 0 amide bonds. The fraction of sp³-hybridized carbons (Fsp3) is 0.471. The molecular weight excluding hydrogens is 278 g/mol. The number of nitrogens with one attached hydrogen (secondary N) is 1. The van der Waals surface area contributed by atoms with E-state index in [0.717, 1.165) is 24.3 Å². The van der Waals surface area contributed by atoms with E-state index in [4.69, 9.17) is 4.98 Å². The molecule has 110 valence electrons. The molecule has 0 spiro atoms. The molecule has 2 aliphatic rings. The van der Waals surface area contributed by atoms with Gasteiger partial charge in [0.25, 0.3) is 0 Å². The first kappa shape index (κ1) is 13.3. The third kappa shape index (κ3) is 2.83. The molecule has 1 aliphatic heterocycles. The summed E-state index contributed by atoms with van der Waals surface area (Å²) in [5, 5.41) is 6.89. The molecule has 1 N–H and O–H groups in total. The van der Waals surface area contributed by atoms with Gasteiger partial charge in [-0.3, -0.25) is 0 Å². The van der Waals surface area contributed by atoms with Crippen LogP contribution < -0.4 is 10.2 Å². The number of nitrogens with zero attached hydrogens (tertiary/aromatic N) is 2. The highest BCUT2D eigenvalue weighted by molar-refractivity contribution is 7.13. The first-order chi connectivity index (χ1) is 10.3. The molecule has 21 heavy (non-hydrogen) atoms. The smallest absolute Gasteiger partial charge is 0.190 e. The maximum absolute atomic E-state index is 4.84. The number of rotatable bonds is 4. The maximum Gasteiger partial charge on any atom is 0.190 e. The molecule has 2 heterocycles. The number of benzene rings is 1. The Morgan fingerprint density at radius 3 is 3.14 bits per heavy atom. The zero-order valence-corrected chi connectivity index (χ0v) is 13.2. The van der Waals surface area contributed by atoms with Gasteiger partial charge in [0.2, 0.25) is 0 Å². The van der Waals surface area contributed by atoms with Gasteiger partial charge in [-0.15, -0.1) is 11.3 Å². The minimum absolute atomic E-state index is 0.744. The lowest BCUT2D eigenvalue weighted by atomic mass is 10.00. The van der Waals surface area contributed by atoms with Crippen LogP contribution in [-0.4, -0.2) is 17.6 Å². The maximum atomic E-state index is 4.84. The average Bonchev–Trinajstić information content (AvgIpc) is 3.21. The second kappa shape index (κ2) is 5.43. The van der Waals surface area contributed by atoms with E-state index in [1.165, 1.54) is 48.2 Å². The van der Waals surface area contributed by atoms with Crippen molar-refractivity contribution in [3.05, 3.63) is 40.4 Å². The number of hydrogen-bond acceptors (Lipinski definition) is 4. The second-order valence-corrected chi connectivity index (χ2v) is 7.00. The third-order valence-electron chi connectivity index (χ3n) is 4.27. The van der Waals surface area contributed by atoms with Gasteiger partial charge in [-0.1, -0.05) is 17.7 Å². The summed E-state index contributed by atoms with van der Waals surface area (Å²) in [5.41, 5.74) is 5.35. The van der Waals surface area contributed by atoms with Crippen molar-refractivity contribution in [3.8, 4) is 0 Å². The van der Waals surface area contributed by atoms with Crippen molar-refractivity contribution in [3.63, 3.8) is 0 Å². The molecule has 1 fully saturated rings. The Hall–Kier alpha value is -1.39. The number of aryl methyl sites for hydroxylation is 2. The van der Waals surface area contributed by atoms with Crippen LogP contribution in [-0.2, 0) is 13.0 Å². The summed E-state index contributed by atoms with van der Waals surface area (Å²) in [7, 11) is 0. The summed E-state index contributed by atoms with van der Waals surface area (Å²) >= 11 is 1.77. The predicted molar refractivity (Wildman–Crippen MR) is 88.5 cm³/mol. The number of hydrogen-bond donors (Lipinski definition) is 1. The van der Waals surface area contributed by atoms with Crippen LogP contribution in [0.15, 0.2) is 23.6 Å². The van der Waals surface area contributed by atoms with Crippen LogP contribution >= 0.6 is 11.3 Å². The molecule has 1 aliphatic carbocycles. The first-order valence-corrected chi connectivity index (χ1v) is 8.72. The van der Waals surface area contributed by atoms with E-state index in [1.54, 1.807) is 11.3 Å². The van der Waals surface area contributed by atoms with Gasteiger partial charge in [0.1, 0.15) is 0 Å². The summed E-state index contributed by atoms with van der Waals surface area (Å²) in [6.07, 6.45) is 5.06. The minimum Gasteiger partial charge on any atom is -0.318 e. The number of anilines is 2. The fourth-order valence-electron chi connectivity index (χ4n) is 2.96. The van der Waals surface area contributed by atoms with E-state index in [0.29, 0.717) is 0 Å². The van der Waals surface area contributed by atoms with E-state index in [2.05, 4.69) is 40.7 Å². The van der Waals surface area contributed by atoms with Crippen LogP contribution in [0, 0.1) is 6.92 Å². The lowest BCUT2D eigenvalue weighted by molar-refractivity contribution is 0.676. The monoisotopic (exact) mass is 299 g/mol. The zero-order valence-electron chi connectivity index (χ0n) is 12.4. The van der Waals surface area contributed by atoms with Gasteiger partial charge < -0.3 is 10.2 Å². The van der Waals surface area contributed by atoms with Crippen LogP contribution in [0.4, 0.5) is 10.8 Å². The van der Waals surface area contributed by atoms with Crippen molar-refractivity contribution in [2.45, 2.75) is 45.2 Å². The summed E-state index contributed by atoms with van der Waals surface area (Å²) in [6.45, 7) is 4.17. The van der Waals surface area contributed by atoms with E-state index in [-0.39, 0.29) is 0 Å². The quantitative estimate of drug-likeness (QED) is 0.931. The number of aromatic nitrogens is 1. The SMILES string of the molecule is Cc1ccc2c(c1)CCCN2c1nc(CNC2CC2)cs1. The standard InChI is InChI=1S/C17H21N3S/c1-12-4-7-16-13(9-12)3-2-8-20(16)17-19-15(11-21-17)10-18-14-5-6-14/h4,7,9,11,14,18H,2-3,5-6,8,10H2,1H3. The Morgan fingerprint density at radius 1 is 1.38 bits per heavy atom. The normalized spacial score (nSPS) is 17.9. The molecule has 0 radical (unpaired) electrons. The van der Waals surface area contributed by atoms with Gasteiger partial charge in [-0.2, -0.15) is 0 Å². The van der Waals surface area contributed by atoms with Crippen molar-refractivity contribution in [1.82, 2.24) is 10.3 Å². The molecule has 1 saturated carbocycles. The average molecular weight is 299 g/mol. The van der Waals surface area contributed by atoms with E-state index < -0.39 is 0 Å². The molecule has 1 aromatic heterocycles. The molecule has 2 aromatic rings. The molecule has 0 bridgehead atoms. The van der Waals surface area contributed by atoms with Crippen molar-refractivity contribution < 1.29 is 0 Å². The second-order valence-electron chi connectivity index (χ2n) is 6.16. The van der Waals surface area contributed by atoms with Gasteiger partial charge >= 0.3 is 0 Å². The highest BCUT2D eigenvalue weighted by atomic mass is 32.1. The van der Waals surface area contributed by atoms with E-state index >= 15 is 0 Å². The largest absolute Gasteiger partial charge is 0.318 e. The van der Waals surface area contributed by atoms with Crippen LogP contribution in [0.2, 0.25) is 0 Å². The van der Waals surface area contributed by atoms with Crippen LogP contribution in [0.3, 0.4) is 0 Å². The first-order valence-electron chi connectivity index (χ1n) is 7.84. The van der Waals surface area contributed by atoms with Crippen molar-refractivity contribution in [2.75, 3.05) is 11.4 Å². The summed E-state index contributed by atoms with van der Waals surface area (Å²) in [4.78, 5) is 7.23. The van der Waals surface area contributed by atoms with Crippen molar-refractivity contribution in [2.24, 2.45) is 0 Å². The Morgan fingerprint density at radius 2 is 2.29 bits per heavy atom. The predicted octanol–water partition coefficient (Wildman–Crippen LogP) is 3.79. The lowest BCUT2D eigenvalue weighted by Gasteiger charge is -2.29. The van der Waals surface area contributed by atoms with Crippen LogP contribution in [0.1, 0.15) is 36.1 Å². The molecule has 0 unspecified atom stereocenters. The Kier molecular flexibility index (Phi) is 3.43. The summed E-state index contributed by atoms with van der Waals surface area (Å²) in [6, 6.07) is 7.53. The number of fused-ring (bicyclic) bond motifs is 1. The Balaban J connectivity index is 1.56. The van der Waals surface area contributed by atoms with E-state index in [9.17, 15) is 0 Å². The molecule has 4 rings (SSSR count). The Bertz CT molecular complexity index is 645. The Labute approximate surface area is 130 Å². The van der Waals surface area contributed by atoms with Gasteiger partial charge in [0.15, 0.2) is 5.13 Å². The highest BCUT2D eigenvalue weighted by Gasteiger charge is 2.22. The van der Waals surface area contributed by atoms with Crippen molar-refractivity contribution >= 4 is 22.2 Å². The highest BCUT2D eigenvalue weighted by Crippen LogP contribution is 2.35. The molecule has 0 atom stereocenters. The topological polar surface area (TPSA) is 28.2 Å². The van der Waals surface area contributed by atoms with Crippen molar-refractivity contribution in [1.29, 1.82) is 0 Å². The van der Waals surface area contributed by atoms with Gasteiger partial charge in [0, 0.05) is 30.2 Å². The fourth-order valence-corrected chi connectivity index (χ4v) is 3.83. The third-order valence-corrected chi connectivity index (χ3v) is 5.19. The van der Waals surface area contributed by atoms with Crippen LogP contribution in [0.25, 0.3) is 0 Å². The molecule has 4 heteroatoms. The minimum atomic E-state index is 0.744. The van der Waals surface area contributed by atoms with Gasteiger partial charge in [-0.05, 0) is 44.2 Å². The van der Waals surface area contributed by atoms with Gasteiger partial charge in [0.05, 0.1) is 5.69 Å².